The lowest BCUT2D eigenvalue weighted by Gasteiger charge is -2.30. The van der Waals surface area contributed by atoms with Crippen LogP contribution in [-0.4, -0.2) is 37.0 Å². The van der Waals surface area contributed by atoms with Crippen molar-refractivity contribution in [1.82, 2.24) is 4.31 Å². The zero-order chi connectivity index (χ0) is 15.1. The molecule has 0 unspecified atom stereocenters. The van der Waals surface area contributed by atoms with E-state index < -0.39 is 16.1 Å². The van der Waals surface area contributed by atoms with E-state index in [9.17, 15) is 13.5 Å². The number of rotatable bonds is 2. The molecule has 0 aliphatic carbocycles. The van der Waals surface area contributed by atoms with E-state index in [1.807, 2.05) is 6.92 Å². The molecule has 1 aliphatic rings. The van der Waals surface area contributed by atoms with Gasteiger partial charge in [-0.1, -0.05) is 0 Å². The van der Waals surface area contributed by atoms with Crippen LogP contribution in [0.2, 0.25) is 0 Å². The second-order valence-corrected chi connectivity index (χ2v) is 7.40. The number of aryl methyl sites for hydroxylation is 1. The van der Waals surface area contributed by atoms with Crippen molar-refractivity contribution in [1.29, 1.82) is 0 Å². The second-order valence-electron chi connectivity index (χ2n) is 5.52. The summed E-state index contributed by atoms with van der Waals surface area (Å²) in [5, 5.41) is 9.71. The third-order valence-corrected chi connectivity index (χ3v) is 6.17. The van der Waals surface area contributed by atoms with Gasteiger partial charge in [0.05, 0.1) is 11.0 Å². The Balaban J connectivity index is 2.55. The van der Waals surface area contributed by atoms with Crippen LogP contribution < -0.4 is 5.73 Å². The van der Waals surface area contributed by atoms with Crippen LogP contribution >= 0.6 is 0 Å². The summed E-state index contributed by atoms with van der Waals surface area (Å²) in [6.07, 6.45) is 0.751. The lowest BCUT2D eigenvalue weighted by atomic mass is 10.1. The number of nitrogens with two attached hydrogens (primary N) is 1. The Morgan fingerprint density at radius 2 is 1.95 bits per heavy atom. The summed E-state index contributed by atoms with van der Waals surface area (Å²) >= 11 is 0. The van der Waals surface area contributed by atoms with Gasteiger partial charge in [-0.3, -0.25) is 0 Å². The molecule has 0 amide bonds. The molecule has 1 saturated heterocycles. The zero-order valence-electron chi connectivity index (χ0n) is 12.2. The first-order chi connectivity index (χ1) is 9.25. The van der Waals surface area contributed by atoms with Gasteiger partial charge in [0.15, 0.2) is 0 Å². The smallest absolute Gasteiger partial charge is 0.243 e. The predicted octanol–water partition coefficient (Wildman–Crippen LogP) is 1.34. The van der Waals surface area contributed by atoms with Crippen molar-refractivity contribution in [2.24, 2.45) is 0 Å². The molecule has 1 heterocycles. The van der Waals surface area contributed by atoms with Crippen LogP contribution in [0.5, 0.6) is 0 Å². The molecule has 3 N–H and O–H groups in total. The predicted molar refractivity (Wildman–Crippen MR) is 79.1 cm³/mol. The number of hydrogen-bond donors (Lipinski definition) is 2. The van der Waals surface area contributed by atoms with Crippen molar-refractivity contribution in [3.63, 3.8) is 0 Å². The summed E-state index contributed by atoms with van der Waals surface area (Å²) < 4.78 is 27.0. The van der Waals surface area contributed by atoms with E-state index in [1.54, 1.807) is 19.9 Å². The monoisotopic (exact) mass is 298 g/mol. The first-order valence-corrected chi connectivity index (χ1v) is 8.23. The average molecular weight is 298 g/mol. The van der Waals surface area contributed by atoms with Crippen molar-refractivity contribution in [2.75, 3.05) is 18.8 Å². The quantitative estimate of drug-likeness (QED) is 0.807. The fourth-order valence-electron chi connectivity index (χ4n) is 2.70. The Morgan fingerprint density at radius 3 is 2.55 bits per heavy atom. The molecular weight excluding hydrogens is 276 g/mol. The lowest BCUT2D eigenvalue weighted by molar-refractivity contribution is 0.108. The molecule has 0 bridgehead atoms. The maximum Gasteiger partial charge on any atom is 0.243 e. The Hall–Kier alpha value is -1.11. The Labute approximate surface area is 120 Å². The summed E-state index contributed by atoms with van der Waals surface area (Å²) in [6.45, 7) is 6.00. The van der Waals surface area contributed by atoms with Crippen LogP contribution in [0.3, 0.4) is 0 Å². The Bertz CT molecular complexity index is 600. The van der Waals surface area contributed by atoms with Crippen molar-refractivity contribution in [2.45, 2.75) is 44.6 Å². The molecular formula is C14H22N2O3S. The number of piperidine rings is 1. The minimum Gasteiger partial charge on any atom is -0.398 e. The molecule has 0 spiro atoms. The summed E-state index contributed by atoms with van der Waals surface area (Å²) in [4.78, 5) is 0.295. The van der Waals surface area contributed by atoms with Gasteiger partial charge in [-0.25, -0.2) is 8.42 Å². The maximum atomic E-state index is 12.8. The third-order valence-electron chi connectivity index (χ3n) is 4.03. The highest BCUT2D eigenvalue weighted by molar-refractivity contribution is 7.89. The molecule has 2 rings (SSSR count). The Morgan fingerprint density at radius 1 is 1.30 bits per heavy atom. The lowest BCUT2D eigenvalue weighted by Crippen LogP contribution is -2.42. The molecule has 20 heavy (non-hydrogen) atoms. The highest BCUT2D eigenvalue weighted by Gasteiger charge is 2.32. The van der Waals surface area contributed by atoms with E-state index in [4.69, 9.17) is 5.73 Å². The van der Waals surface area contributed by atoms with Crippen LogP contribution in [0.1, 0.15) is 29.5 Å². The van der Waals surface area contributed by atoms with Crippen LogP contribution in [0.4, 0.5) is 5.69 Å². The van der Waals surface area contributed by atoms with Crippen molar-refractivity contribution < 1.29 is 13.5 Å². The average Bonchev–Trinajstić information content (AvgIpc) is 2.36. The third kappa shape index (κ3) is 2.55. The van der Waals surface area contributed by atoms with Crippen LogP contribution in [0, 0.1) is 20.8 Å². The Kier molecular flexibility index (Phi) is 4.09. The highest BCUT2D eigenvalue weighted by atomic mass is 32.2. The molecule has 0 radical (unpaired) electrons. The highest BCUT2D eigenvalue weighted by Crippen LogP contribution is 2.31. The first kappa shape index (κ1) is 15.3. The van der Waals surface area contributed by atoms with E-state index in [1.165, 1.54) is 4.31 Å². The first-order valence-electron chi connectivity index (χ1n) is 6.79. The summed E-state index contributed by atoms with van der Waals surface area (Å²) in [5.41, 5.74) is 8.59. The van der Waals surface area contributed by atoms with Crippen molar-refractivity contribution in [3.8, 4) is 0 Å². The van der Waals surface area contributed by atoms with Gasteiger partial charge in [0, 0.05) is 18.8 Å². The number of sulfonamides is 1. The molecule has 6 heteroatoms. The maximum absolute atomic E-state index is 12.8. The molecule has 0 aromatic heterocycles. The number of nitrogen functional groups attached to an aromatic ring is 1. The van der Waals surface area contributed by atoms with Gasteiger partial charge >= 0.3 is 0 Å². The van der Waals surface area contributed by atoms with E-state index in [2.05, 4.69) is 0 Å². The normalized spacial score (nSPS) is 21.1. The molecule has 1 fully saturated rings. The molecule has 1 aliphatic heterocycles. The van der Waals surface area contributed by atoms with E-state index in [0.29, 0.717) is 35.5 Å². The summed E-state index contributed by atoms with van der Waals surface area (Å²) in [5.74, 6) is 0. The number of aliphatic hydroxyl groups excluding tert-OH is 1. The fourth-order valence-corrected chi connectivity index (χ4v) is 4.75. The van der Waals surface area contributed by atoms with Gasteiger partial charge in [-0.05, 0) is 56.4 Å². The van der Waals surface area contributed by atoms with Crippen LogP contribution in [0.25, 0.3) is 0 Å². The second kappa shape index (κ2) is 5.35. The molecule has 1 atom stereocenters. The zero-order valence-corrected chi connectivity index (χ0v) is 13.0. The number of aliphatic hydroxyl groups is 1. The van der Waals surface area contributed by atoms with Gasteiger partial charge in [0.1, 0.15) is 0 Å². The number of β-amino-alcohol motifs (C(OH)–C–C–N with tert-alkyl or cyclic N) is 1. The van der Waals surface area contributed by atoms with Gasteiger partial charge in [-0.15, -0.1) is 0 Å². The number of nitrogens with zero attached hydrogens (tertiary/aromatic N) is 1. The van der Waals surface area contributed by atoms with E-state index >= 15 is 0 Å². The van der Waals surface area contributed by atoms with Gasteiger partial charge < -0.3 is 10.8 Å². The fraction of sp³-hybridized carbons (Fsp3) is 0.571. The molecule has 1 aromatic rings. The minimum atomic E-state index is -3.61. The topological polar surface area (TPSA) is 83.6 Å². The van der Waals surface area contributed by atoms with Crippen molar-refractivity contribution >= 4 is 15.7 Å². The van der Waals surface area contributed by atoms with Gasteiger partial charge in [0.25, 0.3) is 0 Å². The molecule has 112 valence electrons. The standard InChI is InChI=1S/C14H22N2O3S/c1-9-7-13(15)11(3)14(10(9)2)20(18,19)16-6-4-5-12(17)8-16/h7,12,17H,4-6,8,15H2,1-3H3/t12-/m0/s1. The molecule has 5 nitrogen and oxygen atoms in total. The number of hydrogen-bond acceptors (Lipinski definition) is 4. The number of anilines is 1. The number of benzene rings is 1. The molecule has 1 aromatic carbocycles. The van der Waals surface area contributed by atoms with Crippen LogP contribution in [-0.2, 0) is 10.0 Å². The van der Waals surface area contributed by atoms with Gasteiger partial charge in [-0.2, -0.15) is 4.31 Å². The van der Waals surface area contributed by atoms with Gasteiger partial charge in [0.2, 0.25) is 10.0 Å². The van der Waals surface area contributed by atoms with E-state index in [0.717, 1.165) is 11.1 Å². The van der Waals surface area contributed by atoms with Crippen LogP contribution in [0.15, 0.2) is 11.0 Å². The largest absolute Gasteiger partial charge is 0.398 e. The summed E-state index contributed by atoms with van der Waals surface area (Å²) in [6, 6.07) is 1.80. The minimum absolute atomic E-state index is 0.162. The molecule has 0 saturated carbocycles. The SMILES string of the molecule is Cc1cc(N)c(C)c(S(=O)(=O)N2CCC[C@H](O)C2)c1C. The summed E-state index contributed by atoms with van der Waals surface area (Å²) in [7, 11) is -3.61. The van der Waals surface area contributed by atoms with Crippen molar-refractivity contribution in [3.05, 3.63) is 22.8 Å². The van der Waals surface area contributed by atoms with E-state index in [-0.39, 0.29) is 6.54 Å².